The molecule has 128 valence electrons. The molecule has 1 aromatic heterocycles. The van der Waals surface area contributed by atoms with E-state index >= 15 is 0 Å². The van der Waals surface area contributed by atoms with Gasteiger partial charge in [-0.05, 0) is 64.7 Å². The third-order valence-electron chi connectivity index (χ3n) is 4.07. The van der Waals surface area contributed by atoms with Crippen molar-refractivity contribution in [1.82, 2.24) is 15.2 Å². The Kier molecular flexibility index (Phi) is 5.99. The lowest BCUT2D eigenvalue weighted by atomic mass is 10.1. The maximum absolute atomic E-state index is 12.2. The van der Waals surface area contributed by atoms with Crippen LogP contribution in [-0.2, 0) is 4.74 Å². The molecular weight excluding hydrogens is 290 g/mol. The Morgan fingerprint density at radius 2 is 2.00 bits per heavy atom. The van der Waals surface area contributed by atoms with Gasteiger partial charge >= 0.3 is 6.09 Å². The molecular formula is C18H29N3O2. The van der Waals surface area contributed by atoms with Crippen LogP contribution >= 0.6 is 0 Å². The molecule has 0 aliphatic carbocycles. The van der Waals surface area contributed by atoms with Crippen LogP contribution in [0.2, 0.25) is 0 Å². The number of amides is 1. The lowest BCUT2D eigenvalue weighted by Crippen LogP contribution is -2.38. The Balaban J connectivity index is 1.85. The monoisotopic (exact) mass is 319 g/mol. The molecule has 0 radical (unpaired) electrons. The Morgan fingerprint density at radius 1 is 1.30 bits per heavy atom. The highest BCUT2D eigenvalue weighted by atomic mass is 16.6. The summed E-state index contributed by atoms with van der Waals surface area (Å²) in [5.41, 5.74) is 0.810. The van der Waals surface area contributed by atoms with Crippen molar-refractivity contribution >= 4 is 6.09 Å². The molecule has 5 heteroatoms. The lowest BCUT2D eigenvalue weighted by molar-refractivity contribution is 0.0256. The van der Waals surface area contributed by atoms with Crippen LogP contribution in [0.1, 0.15) is 58.6 Å². The number of ether oxygens (including phenoxy) is 1. The minimum absolute atomic E-state index is 0.194. The minimum atomic E-state index is -0.434. The van der Waals surface area contributed by atoms with E-state index in [-0.39, 0.29) is 12.1 Å². The number of carbonyl (C=O) groups excluding carboxylic acids is 1. The molecule has 2 heterocycles. The third-order valence-corrected chi connectivity index (χ3v) is 4.07. The predicted octanol–water partition coefficient (Wildman–Crippen LogP) is 3.52. The number of likely N-dealkylation sites (tertiary alicyclic amines) is 1. The molecule has 0 aromatic carbocycles. The van der Waals surface area contributed by atoms with Gasteiger partial charge in [0.1, 0.15) is 5.60 Å². The van der Waals surface area contributed by atoms with Crippen LogP contribution in [0.5, 0.6) is 0 Å². The first-order chi connectivity index (χ1) is 10.8. The minimum Gasteiger partial charge on any atom is -0.444 e. The summed E-state index contributed by atoms with van der Waals surface area (Å²) in [6.07, 6.45) is 6.49. The van der Waals surface area contributed by atoms with Crippen molar-refractivity contribution in [3.8, 4) is 0 Å². The van der Waals surface area contributed by atoms with E-state index in [9.17, 15) is 4.79 Å². The third kappa shape index (κ3) is 5.82. The summed E-state index contributed by atoms with van der Waals surface area (Å²) in [5.74, 6) is 0. The second-order valence-electron chi connectivity index (χ2n) is 7.26. The van der Waals surface area contributed by atoms with Gasteiger partial charge in [-0.15, -0.1) is 0 Å². The van der Waals surface area contributed by atoms with Crippen molar-refractivity contribution in [2.45, 2.75) is 64.6 Å². The fraction of sp³-hybridized carbons (Fsp3) is 0.667. The molecule has 0 spiro atoms. The van der Waals surface area contributed by atoms with Crippen LogP contribution < -0.4 is 5.32 Å². The number of hydrogen-bond donors (Lipinski definition) is 1. The molecule has 23 heavy (non-hydrogen) atoms. The van der Waals surface area contributed by atoms with Gasteiger partial charge in [-0.2, -0.15) is 0 Å². The van der Waals surface area contributed by atoms with Gasteiger partial charge in [0.15, 0.2) is 0 Å². The first-order valence-electron chi connectivity index (χ1n) is 8.49. The van der Waals surface area contributed by atoms with Crippen molar-refractivity contribution in [2.75, 3.05) is 13.1 Å². The van der Waals surface area contributed by atoms with Gasteiger partial charge in [0.25, 0.3) is 0 Å². The number of carbonyl (C=O) groups is 1. The van der Waals surface area contributed by atoms with Crippen LogP contribution in [0.25, 0.3) is 0 Å². The molecule has 1 fully saturated rings. The van der Waals surface area contributed by atoms with Crippen molar-refractivity contribution in [2.24, 2.45) is 0 Å². The highest BCUT2D eigenvalue weighted by Crippen LogP contribution is 2.18. The Labute approximate surface area is 139 Å². The summed E-state index contributed by atoms with van der Waals surface area (Å²) in [6, 6.07) is 4.80. The van der Waals surface area contributed by atoms with E-state index in [0.717, 1.165) is 32.4 Å². The zero-order chi connectivity index (χ0) is 16.9. The second kappa shape index (κ2) is 7.77. The number of aromatic nitrogens is 1. The number of hydrogen-bond acceptors (Lipinski definition) is 4. The first-order valence-corrected chi connectivity index (χ1v) is 8.49. The quantitative estimate of drug-likeness (QED) is 0.926. The second-order valence-corrected chi connectivity index (χ2v) is 7.26. The van der Waals surface area contributed by atoms with E-state index in [1.54, 1.807) is 0 Å². The smallest absolute Gasteiger partial charge is 0.410 e. The molecule has 2 unspecified atom stereocenters. The zero-order valence-corrected chi connectivity index (χ0v) is 14.7. The summed E-state index contributed by atoms with van der Waals surface area (Å²) < 4.78 is 5.48. The molecule has 1 aromatic rings. The van der Waals surface area contributed by atoms with E-state index in [0.29, 0.717) is 6.04 Å². The van der Waals surface area contributed by atoms with Crippen molar-refractivity contribution in [1.29, 1.82) is 0 Å². The number of pyridine rings is 1. The van der Waals surface area contributed by atoms with Crippen LogP contribution in [0.3, 0.4) is 0 Å². The first kappa shape index (κ1) is 17.7. The zero-order valence-electron chi connectivity index (χ0n) is 14.7. The van der Waals surface area contributed by atoms with Crippen LogP contribution in [0, 0.1) is 0 Å². The van der Waals surface area contributed by atoms with Gasteiger partial charge in [0.2, 0.25) is 0 Å². The fourth-order valence-electron chi connectivity index (χ4n) is 2.87. The summed E-state index contributed by atoms with van der Waals surface area (Å²) in [4.78, 5) is 18.1. The summed E-state index contributed by atoms with van der Waals surface area (Å²) in [6.45, 7) is 9.41. The van der Waals surface area contributed by atoms with Crippen LogP contribution in [0.4, 0.5) is 4.79 Å². The number of nitrogens with zero attached hydrogens (tertiary/aromatic N) is 2. The standard InChI is InChI=1S/C18H29N3O2/c1-14(15-7-10-19-11-8-15)20-16-6-5-12-21(13-9-16)17(22)23-18(2,3)4/h7-8,10-11,14,16,20H,5-6,9,12-13H2,1-4H3. The molecule has 1 N–H and O–H groups in total. The summed E-state index contributed by atoms with van der Waals surface area (Å²) in [5, 5.41) is 3.68. The van der Waals surface area contributed by atoms with Gasteiger partial charge in [-0.3, -0.25) is 4.98 Å². The average molecular weight is 319 g/mol. The molecule has 0 bridgehead atoms. The van der Waals surface area contributed by atoms with E-state index in [1.807, 2.05) is 50.2 Å². The van der Waals surface area contributed by atoms with E-state index in [2.05, 4.69) is 17.2 Å². The largest absolute Gasteiger partial charge is 0.444 e. The molecule has 1 saturated heterocycles. The molecule has 2 atom stereocenters. The highest BCUT2D eigenvalue weighted by molar-refractivity contribution is 5.68. The molecule has 2 rings (SSSR count). The van der Waals surface area contributed by atoms with Gasteiger partial charge in [-0.1, -0.05) is 0 Å². The molecule has 1 amide bonds. The van der Waals surface area contributed by atoms with Crippen LogP contribution in [0.15, 0.2) is 24.5 Å². The topological polar surface area (TPSA) is 54.5 Å². The van der Waals surface area contributed by atoms with Crippen LogP contribution in [-0.4, -0.2) is 40.7 Å². The van der Waals surface area contributed by atoms with E-state index in [4.69, 9.17) is 4.74 Å². The van der Waals surface area contributed by atoms with E-state index < -0.39 is 5.60 Å². The highest BCUT2D eigenvalue weighted by Gasteiger charge is 2.25. The van der Waals surface area contributed by atoms with Gasteiger partial charge < -0.3 is 15.0 Å². The van der Waals surface area contributed by atoms with Gasteiger partial charge in [0, 0.05) is 37.6 Å². The van der Waals surface area contributed by atoms with Crippen molar-refractivity contribution in [3.05, 3.63) is 30.1 Å². The predicted molar refractivity (Wildman–Crippen MR) is 91.2 cm³/mol. The fourth-order valence-corrected chi connectivity index (χ4v) is 2.87. The summed E-state index contributed by atoms with van der Waals surface area (Å²) in [7, 11) is 0. The summed E-state index contributed by atoms with van der Waals surface area (Å²) >= 11 is 0. The maximum atomic E-state index is 12.2. The molecule has 5 nitrogen and oxygen atoms in total. The van der Waals surface area contributed by atoms with Gasteiger partial charge in [-0.25, -0.2) is 4.79 Å². The number of nitrogens with one attached hydrogen (secondary N) is 1. The van der Waals surface area contributed by atoms with Crippen molar-refractivity contribution < 1.29 is 9.53 Å². The number of rotatable bonds is 3. The Hall–Kier alpha value is -1.62. The average Bonchev–Trinajstić information content (AvgIpc) is 2.72. The Bertz CT molecular complexity index is 499. The van der Waals surface area contributed by atoms with Crippen molar-refractivity contribution in [3.63, 3.8) is 0 Å². The van der Waals surface area contributed by atoms with Gasteiger partial charge in [0.05, 0.1) is 0 Å². The molecule has 0 saturated carbocycles. The Morgan fingerprint density at radius 3 is 2.65 bits per heavy atom. The SMILES string of the molecule is CC(NC1CCCN(C(=O)OC(C)(C)C)CC1)c1ccncc1. The molecule has 1 aliphatic heterocycles. The normalized spacial score (nSPS) is 20.7. The maximum Gasteiger partial charge on any atom is 0.410 e. The lowest BCUT2D eigenvalue weighted by Gasteiger charge is -2.26. The molecule has 1 aliphatic rings. The van der Waals surface area contributed by atoms with E-state index in [1.165, 1.54) is 5.56 Å².